The van der Waals surface area contributed by atoms with Gasteiger partial charge in [-0.2, -0.15) is 0 Å². The topological polar surface area (TPSA) is 50.2 Å². The lowest BCUT2D eigenvalue weighted by Gasteiger charge is -1.99. The second-order valence-electron chi connectivity index (χ2n) is 3.55. The predicted octanol–water partition coefficient (Wildman–Crippen LogP) is 2.74. The second-order valence-corrected chi connectivity index (χ2v) is 4.87. The highest BCUT2D eigenvalue weighted by molar-refractivity contribution is 7.11. The highest BCUT2D eigenvalue weighted by Gasteiger charge is 2.05. The zero-order chi connectivity index (χ0) is 11.5. The van der Waals surface area contributed by atoms with Crippen LogP contribution in [0.25, 0.3) is 0 Å². The minimum Gasteiger partial charge on any atom is -0.478 e. The largest absolute Gasteiger partial charge is 0.478 e. The van der Waals surface area contributed by atoms with Gasteiger partial charge in [0.25, 0.3) is 0 Å². The Balaban J connectivity index is 2.21. The Morgan fingerprint density at radius 1 is 1.50 bits per heavy atom. The van der Waals surface area contributed by atoms with Gasteiger partial charge < -0.3 is 5.11 Å². The number of hydrogen-bond acceptors (Lipinski definition) is 3. The molecule has 1 aromatic heterocycles. The molecule has 0 saturated heterocycles. The maximum absolute atomic E-state index is 10.8. The summed E-state index contributed by atoms with van der Waals surface area (Å²) in [6.07, 6.45) is 2.53. The summed E-state index contributed by atoms with van der Waals surface area (Å²) >= 11 is 1.64. The third-order valence-electron chi connectivity index (χ3n) is 2.20. The molecule has 4 heteroatoms. The summed E-state index contributed by atoms with van der Waals surface area (Å²) in [7, 11) is 0. The molecule has 0 fully saturated rings. The Kier molecular flexibility index (Phi) is 3.01. The van der Waals surface area contributed by atoms with Crippen molar-refractivity contribution >= 4 is 17.3 Å². The molecule has 0 spiro atoms. The molecule has 0 aliphatic rings. The molecule has 0 unspecified atom stereocenters. The van der Waals surface area contributed by atoms with Crippen LogP contribution in [-0.2, 0) is 6.42 Å². The van der Waals surface area contributed by atoms with Crippen molar-refractivity contribution in [3.05, 3.63) is 51.5 Å². The fourth-order valence-corrected chi connectivity index (χ4v) is 2.29. The van der Waals surface area contributed by atoms with E-state index in [1.54, 1.807) is 29.5 Å². The Morgan fingerprint density at radius 2 is 2.31 bits per heavy atom. The van der Waals surface area contributed by atoms with Crippen LogP contribution < -0.4 is 0 Å². The van der Waals surface area contributed by atoms with Crippen molar-refractivity contribution in [2.24, 2.45) is 0 Å². The van der Waals surface area contributed by atoms with Crippen LogP contribution in [0.2, 0.25) is 0 Å². The summed E-state index contributed by atoms with van der Waals surface area (Å²) < 4.78 is 0. The SMILES string of the molecule is Cc1cnc(Cc2cccc(C(=O)O)c2)s1. The molecule has 0 aliphatic carbocycles. The van der Waals surface area contributed by atoms with Crippen LogP contribution in [0.5, 0.6) is 0 Å². The van der Waals surface area contributed by atoms with Gasteiger partial charge in [0.1, 0.15) is 0 Å². The highest BCUT2D eigenvalue weighted by Crippen LogP contribution is 2.16. The van der Waals surface area contributed by atoms with Gasteiger partial charge in [0.15, 0.2) is 0 Å². The minimum atomic E-state index is -0.892. The van der Waals surface area contributed by atoms with Gasteiger partial charge in [-0.25, -0.2) is 9.78 Å². The number of carboxylic acids is 1. The fourth-order valence-electron chi connectivity index (χ4n) is 1.47. The molecule has 0 atom stereocenters. The first-order valence-electron chi connectivity index (χ1n) is 4.88. The number of aromatic carboxylic acids is 1. The Morgan fingerprint density at radius 3 is 2.94 bits per heavy atom. The van der Waals surface area contributed by atoms with Crippen molar-refractivity contribution in [2.75, 3.05) is 0 Å². The van der Waals surface area contributed by atoms with E-state index in [0.29, 0.717) is 12.0 Å². The lowest BCUT2D eigenvalue weighted by Crippen LogP contribution is -1.97. The zero-order valence-corrected chi connectivity index (χ0v) is 9.62. The third-order valence-corrected chi connectivity index (χ3v) is 3.11. The molecule has 0 saturated carbocycles. The molecule has 0 aliphatic heterocycles. The van der Waals surface area contributed by atoms with Crippen LogP contribution in [-0.4, -0.2) is 16.1 Å². The molecular weight excluding hydrogens is 222 g/mol. The van der Waals surface area contributed by atoms with Crippen LogP contribution in [0.3, 0.4) is 0 Å². The number of thiazole rings is 1. The van der Waals surface area contributed by atoms with Gasteiger partial charge in [0.2, 0.25) is 0 Å². The number of benzene rings is 1. The molecule has 1 heterocycles. The van der Waals surface area contributed by atoms with Crippen molar-refractivity contribution in [3.8, 4) is 0 Å². The summed E-state index contributed by atoms with van der Waals surface area (Å²) in [4.78, 5) is 16.2. The normalized spacial score (nSPS) is 10.3. The van der Waals surface area contributed by atoms with E-state index in [1.165, 1.54) is 4.88 Å². The smallest absolute Gasteiger partial charge is 0.335 e. The van der Waals surface area contributed by atoms with Crippen LogP contribution in [0, 0.1) is 6.92 Å². The van der Waals surface area contributed by atoms with E-state index in [9.17, 15) is 4.79 Å². The average Bonchev–Trinajstić information content (AvgIpc) is 2.64. The quantitative estimate of drug-likeness (QED) is 0.886. The fraction of sp³-hybridized carbons (Fsp3) is 0.167. The molecule has 82 valence electrons. The van der Waals surface area contributed by atoms with Crippen LogP contribution in [0.1, 0.15) is 25.8 Å². The van der Waals surface area contributed by atoms with E-state index < -0.39 is 5.97 Å². The third kappa shape index (κ3) is 2.46. The van der Waals surface area contributed by atoms with Gasteiger partial charge in [0.05, 0.1) is 10.6 Å². The first-order chi connectivity index (χ1) is 7.65. The molecule has 1 aromatic carbocycles. The number of rotatable bonds is 3. The molecular formula is C12H11NO2S. The Bertz CT molecular complexity index is 519. The first-order valence-corrected chi connectivity index (χ1v) is 5.70. The van der Waals surface area contributed by atoms with E-state index >= 15 is 0 Å². The monoisotopic (exact) mass is 233 g/mol. The highest BCUT2D eigenvalue weighted by atomic mass is 32.1. The zero-order valence-electron chi connectivity index (χ0n) is 8.80. The van der Waals surface area contributed by atoms with E-state index in [1.807, 2.05) is 19.2 Å². The Labute approximate surface area is 97.4 Å². The van der Waals surface area contributed by atoms with Gasteiger partial charge in [-0.1, -0.05) is 12.1 Å². The maximum atomic E-state index is 10.8. The molecule has 0 radical (unpaired) electrons. The van der Waals surface area contributed by atoms with Gasteiger partial charge in [-0.15, -0.1) is 11.3 Å². The predicted molar refractivity (Wildman–Crippen MR) is 63.1 cm³/mol. The van der Waals surface area contributed by atoms with Crippen LogP contribution in [0.4, 0.5) is 0 Å². The van der Waals surface area contributed by atoms with Crippen LogP contribution >= 0.6 is 11.3 Å². The second kappa shape index (κ2) is 4.45. The van der Waals surface area contributed by atoms with E-state index in [0.717, 1.165) is 10.6 Å². The minimum absolute atomic E-state index is 0.325. The molecule has 2 rings (SSSR count). The number of carboxylic acid groups (broad SMARTS) is 1. The average molecular weight is 233 g/mol. The van der Waals surface area contributed by atoms with Crippen molar-refractivity contribution in [1.29, 1.82) is 0 Å². The number of aromatic nitrogens is 1. The summed E-state index contributed by atoms with van der Waals surface area (Å²) in [6, 6.07) is 6.97. The number of aryl methyl sites for hydroxylation is 1. The number of carbonyl (C=O) groups is 1. The first kappa shape index (κ1) is 10.8. The van der Waals surface area contributed by atoms with Crippen LogP contribution in [0.15, 0.2) is 30.5 Å². The summed E-state index contributed by atoms with van der Waals surface area (Å²) in [5.41, 5.74) is 1.31. The van der Waals surface area contributed by atoms with Crippen molar-refractivity contribution < 1.29 is 9.90 Å². The van der Waals surface area contributed by atoms with Gasteiger partial charge in [-0.3, -0.25) is 0 Å². The summed E-state index contributed by atoms with van der Waals surface area (Å²) in [5.74, 6) is -0.892. The summed E-state index contributed by atoms with van der Waals surface area (Å²) in [6.45, 7) is 2.01. The van der Waals surface area contributed by atoms with Crippen molar-refractivity contribution in [2.45, 2.75) is 13.3 Å². The lowest BCUT2D eigenvalue weighted by molar-refractivity contribution is 0.0697. The maximum Gasteiger partial charge on any atom is 0.335 e. The molecule has 3 nitrogen and oxygen atoms in total. The Hall–Kier alpha value is -1.68. The molecule has 1 N–H and O–H groups in total. The van der Waals surface area contributed by atoms with E-state index in [4.69, 9.17) is 5.11 Å². The van der Waals surface area contributed by atoms with Gasteiger partial charge >= 0.3 is 5.97 Å². The molecule has 0 amide bonds. The lowest BCUT2D eigenvalue weighted by atomic mass is 10.1. The van der Waals surface area contributed by atoms with Gasteiger partial charge in [-0.05, 0) is 24.6 Å². The van der Waals surface area contributed by atoms with Crippen molar-refractivity contribution in [1.82, 2.24) is 4.98 Å². The van der Waals surface area contributed by atoms with Crippen molar-refractivity contribution in [3.63, 3.8) is 0 Å². The standard InChI is InChI=1S/C12H11NO2S/c1-8-7-13-11(16-8)6-9-3-2-4-10(5-9)12(14)15/h2-5,7H,6H2,1H3,(H,14,15). The molecule has 2 aromatic rings. The molecule has 16 heavy (non-hydrogen) atoms. The summed E-state index contributed by atoms with van der Waals surface area (Å²) in [5, 5.41) is 9.88. The molecule has 0 bridgehead atoms. The van der Waals surface area contributed by atoms with Gasteiger partial charge in [0, 0.05) is 17.5 Å². The van der Waals surface area contributed by atoms with E-state index in [2.05, 4.69) is 4.98 Å². The number of nitrogens with zero attached hydrogens (tertiary/aromatic N) is 1. The van der Waals surface area contributed by atoms with E-state index in [-0.39, 0.29) is 0 Å². The number of hydrogen-bond donors (Lipinski definition) is 1.